The van der Waals surface area contributed by atoms with Crippen LogP contribution in [-0.2, 0) is 13.0 Å². The molecule has 134 valence electrons. The molecule has 6 nitrogen and oxygen atoms in total. The van der Waals surface area contributed by atoms with Gasteiger partial charge in [0.25, 0.3) is 0 Å². The van der Waals surface area contributed by atoms with Crippen LogP contribution >= 0.6 is 11.8 Å². The van der Waals surface area contributed by atoms with Crippen molar-refractivity contribution >= 4 is 17.5 Å². The van der Waals surface area contributed by atoms with E-state index >= 15 is 0 Å². The Labute approximate surface area is 151 Å². The van der Waals surface area contributed by atoms with Crippen LogP contribution in [0.4, 0.5) is 0 Å². The largest absolute Gasteiger partial charge is 0.493 e. The molecule has 2 aromatic rings. The fraction of sp³-hybridized carbons (Fsp3) is 0.500. The van der Waals surface area contributed by atoms with E-state index in [1.165, 1.54) is 18.2 Å². The SMILES string of the molecule is COc1ccc(C(=O)[C@@H](C)Sc2nnc3n2CCCCC3)cc1OC. The number of carbonyl (C=O) groups excluding carboxylic acids is 1. The van der Waals surface area contributed by atoms with Gasteiger partial charge in [-0.05, 0) is 38.0 Å². The average molecular weight is 361 g/mol. The Kier molecular flexibility index (Phi) is 5.63. The average Bonchev–Trinajstić information content (AvgIpc) is 2.86. The third-order valence-electron chi connectivity index (χ3n) is 4.40. The maximum absolute atomic E-state index is 12.8. The molecule has 0 spiro atoms. The molecule has 0 saturated carbocycles. The number of aromatic nitrogens is 3. The summed E-state index contributed by atoms with van der Waals surface area (Å²) in [5, 5.41) is 9.17. The molecule has 0 unspecified atom stereocenters. The van der Waals surface area contributed by atoms with E-state index in [1.807, 2.05) is 6.92 Å². The monoisotopic (exact) mass is 361 g/mol. The van der Waals surface area contributed by atoms with Crippen LogP contribution in [0, 0.1) is 0 Å². The summed E-state index contributed by atoms with van der Waals surface area (Å²) >= 11 is 1.47. The molecular formula is C18H23N3O3S. The number of fused-ring (bicyclic) bond motifs is 1. The van der Waals surface area contributed by atoms with Crippen molar-refractivity contribution in [1.29, 1.82) is 0 Å². The first kappa shape index (κ1) is 17.8. The maximum atomic E-state index is 12.8. The Bertz CT molecular complexity index is 760. The van der Waals surface area contributed by atoms with Crippen molar-refractivity contribution in [3.63, 3.8) is 0 Å². The topological polar surface area (TPSA) is 66.2 Å². The second-order valence-corrected chi connectivity index (χ2v) is 7.36. The first-order valence-electron chi connectivity index (χ1n) is 8.49. The lowest BCUT2D eigenvalue weighted by atomic mass is 10.1. The molecule has 0 aliphatic carbocycles. The highest BCUT2D eigenvalue weighted by Crippen LogP contribution is 2.31. The first-order chi connectivity index (χ1) is 12.1. The molecule has 1 aromatic heterocycles. The van der Waals surface area contributed by atoms with Gasteiger partial charge in [-0.2, -0.15) is 0 Å². The van der Waals surface area contributed by atoms with Crippen molar-refractivity contribution in [3.8, 4) is 11.5 Å². The van der Waals surface area contributed by atoms with E-state index in [0.29, 0.717) is 17.1 Å². The highest BCUT2D eigenvalue weighted by molar-refractivity contribution is 8.00. The van der Waals surface area contributed by atoms with Gasteiger partial charge >= 0.3 is 0 Å². The number of carbonyl (C=O) groups is 1. The number of ether oxygens (including phenoxy) is 2. The van der Waals surface area contributed by atoms with E-state index in [9.17, 15) is 4.79 Å². The van der Waals surface area contributed by atoms with Crippen molar-refractivity contribution in [2.75, 3.05) is 14.2 Å². The number of rotatable bonds is 6. The number of thioether (sulfide) groups is 1. The lowest BCUT2D eigenvalue weighted by Gasteiger charge is -2.13. The number of benzene rings is 1. The summed E-state index contributed by atoms with van der Waals surface area (Å²) in [5.41, 5.74) is 0.605. The molecule has 25 heavy (non-hydrogen) atoms. The van der Waals surface area contributed by atoms with Gasteiger partial charge in [0.2, 0.25) is 0 Å². The second-order valence-electron chi connectivity index (χ2n) is 6.06. The number of hydrogen-bond acceptors (Lipinski definition) is 6. The minimum atomic E-state index is -0.255. The minimum Gasteiger partial charge on any atom is -0.493 e. The van der Waals surface area contributed by atoms with Crippen LogP contribution in [0.1, 0.15) is 42.4 Å². The van der Waals surface area contributed by atoms with Gasteiger partial charge in [-0.25, -0.2) is 0 Å². The molecule has 7 heteroatoms. The lowest BCUT2D eigenvalue weighted by molar-refractivity contribution is 0.0993. The molecule has 3 rings (SSSR count). The molecule has 1 aromatic carbocycles. The predicted octanol–water partition coefficient (Wildman–Crippen LogP) is 3.39. The molecule has 0 radical (unpaired) electrons. The number of ketones is 1. The zero-order valence-corrected chi connectivity index (χ0v) is 15.6. The Morgan fingerprint density at radius 1 is 1.16 bits per heavy atom. The Hall–Kier alpha value is -2.02. The van der Waals surface area contributed by atoms with Crippen molar-refractivity contribution < 1.29 is 14.3 Å². The van der Waals surface area contributed by atoms with Crippen LogP contribution in [0.25, 0.3) is 0 Å². The Morgan fingerprint density at radius 2 is 1.96 bits per heavy atom. The molecule has 0 saturated heterocycles. The molecule has 1 aliphatic heterocycles. The quantitative estimate of drug-likeness (QED) is 0.580. The van der Waals surface area contributed by atoms with Gasteiger partial charge in [0.05, 0.1) is 19.5 Å². The van der Waals surface area contributed by atoms with E-state index < -0.39 is 0 Å². The van der Waals surface area contributed by atoms with Gasteiger partial charge in [-0.1, -0.05) is 18.2 Å². The van der Waals surface area contributed by atoms with Crippen LogP contribution < -0.4 is 9.47 Å². The number of nitrogens with zero attached hydrogens (tertiary/aromatic N) is 3. The van der Waals surface area contributed by atoms with E-state index in [0.717, 1.165) is 36.8 Å². The summed E-state index contributed by atoms with van der Waals surface area (Å²) in [6, 6.07) is 5.25. The summed E-state index contributed by atoms with van der Waals surface area (Å²) in [7, 11) is 3.14. The summed E-state index contributed by atoms with van der Waals surface area (Å²) in [6.45, 7) is 2.84. The fourth-order valence-electron chi connectivity index (χ4n) is 2.98. The molecule has 0 fully saturated rings. The van der Waals surface area contributed by atoms with Crippen LogP contribution in [0.5, 0.6) is 11.5 Å². The number of hydrogen-bond donors (Lipinski definition) is 0. The zero-order valence-electron chi connectivity index (χ0n) is 14.8. The van der Waals surface area contributed by atoms with Crippen LogP contribution in [0.15, 0.2) is 23.4 Å². The lowest BCUT2D eigenvalue weighted by Crippen LogP contribution is -2.15. The van der Waals surface area contributed by atoms with Crippen molar-refractivity contribution in [3.05, 3.63) is 29.6 Å². The summed E-state index contributed by atoms with van der Waals surface area (Å²) in [4.78, 5) is 12.8. The van der Waals surface area contributed by atoms with Gasteiger partial charge in [0, 0.05) is 18.5 Å². The van der Waals surface area contributed by atoms with Gasteiger partial charge < -0.3 is 14.0 Å². The number of aryl methyl sites for hydroxylation is 1. The normalized spacial score (nSPS) is 15.2. The number of Topliss-reactive ketones (excluding diaryl/α,β-unsaturated/α-hetero) is 1. The first-order valence-corrected chi connectivity index (χ1v) is 9.37. The van der Waals surface area contributed by atoms with Crippen molar-refractivity contribution in [2.24, 2.45) is 0 Å². The van der Waals surface area contributed by atoms with Crippen LogP contribution in [0.2, 0.25) is 0 Å². The molecule has 0 N–H and O–H groups in total. The third-order valence-corrected chi connectivity index (χ3v) is 5.48. The van der Waals surface area contributed by atoms with E-state index in [2.05, 4.69) is 14.8 Å². The zero-order chi connectivity index (χ0) is 17.8. The van der Waals surface area contributed by atoms with E-state index in [4.69, 9.17) is 9.47 Å². The van der Waals surface area contributed by atoms with Gasteiger partial charge in [0.1, 0.15) is 5.82 Å². The predicted molar refractivity (Wildman–Crippen MR) is 96.8 cm³/mol. The van der Waals surface area contributed by atoms with Crippen molar-refractivity contribution in [1.82, 2.24) is 14.8 Å². The summed E-state index contributed by atoms with van der Waals surface area (Å²) in [6.07, 6.45) is 4.47. The van der Waals surface area contributed by atoms with Gasteiger partial charge in [0.15, 0.2) is 22.4 Å². The minimum absolute atomic E-state index is 0.0388. The van der Waals surface area contributed by atoms with Crippen LogP contribution in [-0.4, -0.2) is 40.0 Å². The molecule has 1 aliphatic rings. The summed E-state index contributed by atoms with van der Waals surface area (Å²) in [5.74, 6) is 2.24. The molecular weight excluding hydrogens is 338 g/mol. The second kappa shape index (κ2) is 7.91. The molecule has 1 atom stereocenters. The third kappa shape index (κ3) is 3.81. The molecule has 0 bridgehead atoms. The Morgan fingerprint density at radius 3 is 2.72 bits per heavy atom. The highest BCUT2D eigenvalue weighted by atomic mass is 32.2. The van der Waals surface area contributed by atoms with Crippen molar-refractivity contribution in [2.45, 2.75) is 49.6 Å². The molecule has 0 amide bonds. The highest BCUT2D eigenvalue weighted by Gasteiger charge is 2.22. The van der Waals surface area contributed by atoms with Gasteiger partial charge in [-0.15, -0.1) is 10.2 Å². The van der Waals surface area contributed by atoms with Gasteiger partial charge in [-0.3, -0.25) is 4.79 Å². The smallest absolute Gasteiger partial charge is 0.191 e. The van der Waals surface area contributed by atoms with Crippen LogP contribution in [0.3, 0.4) is 0 Å². The van der Waals surface area contributed by atoms with E-state index in [1.54, 1.807) is 32.4 Å². The summed E-state index contributed by atoms with van der Waals surface area (Å²) < 4.78 is 12.7. The maximum Gasteiger partial charge on any atom is 0.191 e. The Balaban J connectivity index is 1.76. The standard InChI is InChI=1S/C18H23N3O3S/c1-12(17(22)13-8-9-14(23-2)15(11-13)24-3)25-18-20-19-16-7-5-4-6-10-21(16)18/h8-9,11-12H,4-7,10H2,1-3H3/t12-/m1/s1. The molecule has 2 heterocycles. The fourth-order valence-corrected chi connectivity index (χ4v) is 3.95. The number of methoxy groups -OCH3 is 2. The van der Waals surface area contributed by atoms with E-state index in [-0.39, 0.29) is 11.0 Å².